The van der Waals surface area contributed by atoms with E-state index in [0.29, 0.717) is 0 Å². The Kier molecular flexibility index (Phi) is 4.55. The zero-order chi connectivity index (χ0) is 13.0. The van der Waals surface area contributed by atoms with Gasteiger partial charge in [0, 0.05) is 25.3 Å². The fraction of sp³-hybridized carbons (Fsp3) is 0.571. The molecule has 1 aromatic rings. The van der Waals surface area contributed by atoms with Crippen molar-refractivity contribution in [2.45, 2.75) is 20.0 Å². The second kappa shape index (κ2) is 6.16. The topological polar surface area (TPSA) is 24.5 Å². The van der Waals surface area contributed by atoms with Gasteiger partial charge in [-0.05, 0) is 37.2 Å². The lowest BCUT2D eigenvalue weighted by Crippen LogP contribution is -2.45. The number of aryl methyl sites for hydroxylation is 1. The molecule has 0 aliphatic carbocycles. The normalized spacial score (nSPS) is 20.9. The van der Waals surface area contributed by atoms with Crippen LogP contribution in [0.4, 0.5) is 10.1 Å². The Labute approximate surface area is 108 Å². The Morgan fingerprint density at radius 1 is 1.50 bits per heavy atom. The van der Waals surface area contributed by atoms with Crippen LogP contribution in [0.15, 0.2) is 18.2 Å². The van der Waals surface area contributed by atoms with Crippen LogP contribution in [0.3, 0.4) is 0 Å². The van der Waals surface area contributed by atoms with Crippen molar-refractivity contribution in [3.05, 3.63) is 29.6 Å². The predicted molar refractivity (Wildman–Crippen MR) is 71.5 cm³/mol. The summed E-state index contributed by atoms with van der Waals surface area (Å²) in [5.74, 6) is -0.191. The van der Waals surface area contributed by atoms with Crippen LogP contribution in [0.25, 0.3) is 0 Å². The molecule has 0 radical (unpaired) electrons. The molecule has 100 valence electrons. The maximum absolute atomic E-state index is 13.0. The summed E-state index contributed by atoms with van der Waals surface area (Å²) in [7, 11) is 0. The zero-order valence-electron chi connectivity index (χ0n) is 11.1. The summed E-state index contributed by atoms with van der Waals surface area (Å²) in [4.78, 5) is 2.38. The minimum absolute atomic E-state index is 0.191. The monoisotopic (exact) mass is 252 g/mol. The number of anilines is 1. The highest BCUT2D eigenvalue weighted by atomic mass is 19.1. The summed E-state index contributed by atoms with van der Waals surface area (Å²) >= 11 is 0. The number of morpholine rings is 1. The summed E-state index contributed by atoms with van der Waals surface area (Å²) < 4.78 is 18.7. The average Bonchev–Trinajstić information content (AvgIpc) is 2.38. The van der Waals surface area contributed by atoms with E-state index in [9.17, 15) is 4.39 Å². The summed E-state index contributed by atoms with van der Waals surface area (Å²) in [5.41, 5.74) is 1.91. The number of benzene rings is 1. The van der Waals surface area contributed by atoms with E-state index < -0.39 is 0 Å². The van der Waals surface area contributed by atoms with Crippen LogP contribution in [0.5, 0.6) is 0 Å². The lowest BCUT2D eigenvalue weighted by atomic mass is 10.2. The number of likely N-dealkylation sites (N-methyl/N-ethyl adjacent to an activating group) is 1. The Hall–Kier alpha value is -1.13. The van der Waals surface area contributed by atoms with E-state index in [1.54, 1.807) is 12.1 Å². The van der Waals surface area contributed by atoms with E-state index in [2.05, 4.69) is 17.1 Å². The van der Waals surface area contributed by atoms with Gasteiger partial charge in [0.25, 0.3) is 0 Å². The molecule has 1 aliphatic rings. The molecule has 4 heteroatoms. The van der Waals surface area contributed by atoms with Crippen molar-refractivity contribution in [3.63, 3.8) is 0 Å². The zero-order valence-corrected chi connectivity index (χ0v) is 11.1. The molecule has 2 rings (SSSR count). The molecule has 0 saturated carbocycles. The number of hydrogen-bond acceptors (Lipinski definition) is 3. The van der Waals surface area contributed by atoms with Crippen molar-refractivity contribution >= 4 is 5.69 Å². The maximum Gasteiger partial charge on any atom is 0.123 e. The highest BCUT2D eigenvalue weighted by molar-refractivity contribution is 5.50. The summed E-state index contributed by atoms with van der Waals surface area (Å²) in [6.45, 7) is 8.68. The number of nitrogens with zero attached hydrogens (tertiary/aromatic N) is 1. The third-order valence-corrected chi connectivity index (χ3v) is 3.38. The minimum atomic E-state index is -0.191. The highest BCUT2D eigenvalue weighted by Crippen LogP contribution is 2.16. The average molecular weight is 252 g/mol. The summed E-state index contributed by atoms with van der Waals surface area (Å²) in [6.07, 6.45) is 0.211. The molecule has 1 heterocycles. The van der Waals surface area contributed by atoms with E-state index in [0.717, 1.165) is 44.0 Å². The van der Waals surface area contributed by atoms with Crippen molar-refractivity contribution in [1.29, 1.82) is 0 Å². The van der Waals surface area contributed by atoms with Gasteiger partial charge in [0.1, 0.15) is 5.82 Å². The van der Waals surface area contributed by atoms with Gasteiger partial charge in [0.15, 0.2) is 0 Å². The molecule has 1 atom stereocenters. The van der Waals surface area contributed by atoms with Gasteiger partial charge >= 0.3 is 0 Å². The lowest BCUT2D eigenvalue weighted by Gasteiger charge is -2.32. The van der Waals surface area contributed by atoms with Gasteiger partial charge in [0.2, 0.25) is 0 Å². The first kappa shape index (κ1) is 13.3. The van der Waals surface area contributed by atoms with E-state index in [1.807, 2.05) is 6.92 Å². The van der Waals surface area contributed by atoms with Gasteiger partial charge in [-0.2, -0.15) is 0 Å². The lowest BCUT2D eigenvalue weighted by molar-refractivity contribution is -0.0191. The van der Waals surface area contributed by atoms with Crippen molar-refractivity contribution < 1.29 is 9.13 Å². The standard InChI is InChI=1S/C14H21FN2O/c1-3-17-6-7-18-13(10-17)9-16-14-5-4-12(15)8-11(14)2/h4-5,8,13,16H,3,6-7,9-10H2,1-2H3. The molecule has 1 N–H and O–H groups in total. The van der Waals surface area contributed by atoms with Crippen LogP contribution >= 0.6 is 0 Å². The first-order chi connectivity index (χ1) is 8.69. The number of hydrogen-bond donors (Lipinski definition) is 1. The van der Waals surface area contributed by atoms with Gasteiger partial charge in [-0.15, -0.1) is 0 Å². The Morgan fingerprint density at radius 2 is 2.33 bits per heavy atom. The largest absolute Gasteiger partial charge is 0.382 e. The van der Waals surface area contributed by atoms with E-state index in [4.69, 9.17) is 4.74 Å². The van der Waals surface area contributed by atoms with E-state index in [1.165, 1.54) is 6.07 Å². The second-order valence-corrected chi connectivity index (χ2v) is 4.73. The molecule has 0 aromatic heterocycles. The molecule has 1 aliphatic heterocycles. The predicted octanol–water partition coefficient (Wildman–Crippen LogP) is 2.27. The Bertz CT molecular complexity index is 397. The molecule has 0 amide bonds. The van der Waals surface area contributed by atoms with Gasteiger partial charge in [0.05, 0.1) is 12.7 Å². The molecular formula is C14H21FN2O. The SMILES string of the molecule is CCN1CCOC(CNc2ccc(F)cc2C)C1. The molecule has 1 fully saturated rings. The molecule has 1 aromatic carbocycles. The van der Waals surface area contributed by atoms with Gasteiger partial charge in [-0.25, -0.2) is 4.39 Å². The second-order valence-electron chi connectivity index (χ2n) is 4.73. The third-order valence-electron chi connectivity index (χ3n) is 3.38. The number of nitrogens with one attached hydrogen (secondary N) is 1. The van der Waals surface area contributed by atoms with Crippen molar-refractivity contribution in [1.82, 2.24) is 4.90 Å². The van der Waals surface area contributed by atoms with Crippen LogP contribution in [-0.4, -0.2) is 43.8 Å². The molecule has 0 bridgehead atoms. The molecule has 18 heavy (non-hydrogen) atoms. The van der Waals surface area contributed by atoms with Crippen LogP contribution in [0.1, 0.15) is 12.5 Å². The number of halogens is 1. The van der Waals surface area contributed by atoms with E-state index in [-0.39, 0.29) is 11.9 Å². The van der Waals surface area contributed by atoms with Crippen LogP contribution in [0, 0.1) is 12.7 Å². The molecule has 1 unspecified atom stereocenters. The Morgan fingerprint density at radius 3 is 3.06 bits per heavy atom. The summed E-state index contributed by atoms with van der Waals surface area (Å²) in [5, 5.41) is 3.34. The fourth-order valence-corrected chi connectivity index (χ4v) is 2.24. The van der Waals surface area contributed by atoms with Crippen molar-refractivity contribution in [2.75, 3.05) is 38.1 Å². The summed E-state index contributed by atoms with van der Waals surface area (Å²) in [6, 6.07) is 4.81. The molecule has 1 saturated heterocycles. The fourth-order valence-electron chi connectivity index (χ4n) is 2.24. The quantitative estimate of drug-likeness (QED) is 0.889. The highest BCUT2D eigenvalue weighted by Gasteiger charge is 2.18. The molecular weight excluding hydrogens is 231 g/mol. The van der Waals surface area contributed by atoms with Gasteiger partial charge in [-0.1, -0.05) is 6.92 Å². The first-order valence-electron chi connectivity index (χ1n) is 6.53. The molecule has 0 spiro atoms. The maximum atomic E-state index is 13.0. The molecule has 3 nitrogen and oxygen atoms in total. The van der Waals surface area contributed by atoms with Crippen molar-refractivity contribution in [3.8, 4) is 0 Å². The number of rotatable bonds is 4. The third kappa shape index (κ3) is 3.43. The smallest absolute Gasteiger partial charge is 0.123 e. The van der Waals surface area contributed by atoms with Crippen LogP contribution in [-0.2, 0) is 4.74 Å². The Balaban J connectivity index is 1.87. The van der Waals surface area contributed by atoms with Crippen molar-refractivity contribution in [2.24, 2.45) is 0 Å². The number of ether oxygens (including phenoxy) is 1. The van der Waals surface area contributed by atoms with E-state index >= 15 is 0 Å². The van der Waals surface area contributed by atoms with Crippen LogP contribution in [0.2, 0.25) is 0 Å². The minimum Gasteiger partial charge on any atom is -0.382 e. The van der Waals surface area contributed by atoms with Gasteiger partial charge < -0.3 is 10.1 Å². The van der Waals surface area contributed by atoms with Gasteiger partial charge in [-0.3, -0.25) is 4.90 Å². The first-order valence-corrected chi connectivity index (χ1v) is 6.53. The van der Waals surface area contributed by atoms with Crippen LogP contribution < -0.4 is 5.32 Å².